The second kappa shape index (κ2) is 7.36. The van der Waals surface area contributed by atoms with Gasteiger partial charge in [-0.3, -0.25) is 19.3 Å². The van der Waals surface area contributed by atoms with Gasteiger partial charge in [0.2, 0.25) is 11.8 Å². The normalized spacial score (nSPS) is 18.8. The van der Waals surface area contributed by atoms with E-state index < -0.39 is 6.04 Å². The number of carbonyl (C=O) groups is 2. The number of piperazine rings is 1. The summed E-state index contributed by atoms with van der Waals surface area (Å²) >= 11 is 0. The molecular weight excluding hydrogens is 298 g/mol. The lowest BCUT2D eigenvalue weighted by atomic mass is 10.1. The minimum atomic E-state index is -0.465. The van der Waals surface area contributed by atoms with Crippen molar-refractivity contribution in [2.24, 2.45) is 0 Å². The summed E-state index contributed by atoms with van der Waals surface area (Å²) in [5, 5.41) is 5.49. The molecule has 8 nitrogen and oxygen atoms in total. The van der Waals surface area contributed by atoms with Gasteiger partial charge in [-0.1, -0.05) is 0 Å². The van der Waals surface area contributed by atoms with Crippen LogP contribution in [0.15, 0.2) is 10.9 Å². The van der Waals surface area contributed by atoms with Gasteiger partial charge in [-0.15, -0.1) is 0 Å². The number of hydrogen-bond acceptors (Lipinski definition) is 5. The summed E-state index contributed by atoms with van der Waals surface area (Å²) in [6.45, 7) is 7.19. The van der Waals surface area contributed by atoms with Crippen LogP contribution >= 0.6 is 0 Å². The summed E-state index contributed by atoms with van der Waals surface area (Å²) in [6, 6.07) is 1.11. The molecule has 0 spiro atoms. The van der Waals surface area contributed by atoms with Crippen molar-refractivity contribution in [3.63, 3.8) is 0 Å². The molecule has 3 N–H and O–H groups in total. The summed E-state index contributed by atoms with van der Waals surface area (Å²) in [5.41, 5.74) is 0.343. The van der Waals surface area contributed by atoms with Crippen LogP contribution in [0.2, 0.25) is 0 Å². The highest BCUT2D eigenvalue weighted by molar-refractivity contribution is 5.88. The molecular formula is C15H23N5O3. The molecule has 8 heteroatoms. The maximum atomic E-state index is 12.1. The van der Waals surface area contributed by atoms with Gasteiger partial charge in [-0.2, -0.15) is 0 Å². The Morgan fingerprint density at radius 1 is 1.48 bits per heavy atom. The molecule has 2 rings (SSSR count). The first-order valence-electron chi connectivity index (χ1n) is 7.74. The maximum Gasteiger partial charge on any atom is 0.251 e. The Morgan fingerprint density at radius 2 is 2.22 bits per heavy atom. The van der Waals surface area contributed by atoms with Crippen LogP contribution < -0.4 is 16.2 Å². The first-order valence-corrected chi connectivity index (χ1v) is 7.74. The number of H-pyrrole nitrogens is 1. The molecule has 1 aromatic heterocycles. The smallest absolute Gasteiger partial charge is 0.251 e. The molecule has 1 saturated heterocycles. The third-order valence-corrected chi connectivity index (χ3v) is 3.79. The van der Waals surface area contributed by atoms with Gasteiger partial charge in [0.15, 0.2) is 0 Å². The standard InChI is InChI=1S/C15H23N5O3/c1-9(2)20-5-4-16-15(23)11(20)7-13(21)17-8-12-18-10(3)6-14(22)19-12/h6,9,11H,4-5,7-8H2,1-3H3,(H,16,23)(H,17,21)(H,18,19,22)/t11-/m0/s1. The van der Waals surface area contributed by atoms with Crippen molar-refractivity contribution in [3.05, 3.63) is 27.9 Å². The van der Waals surface area contributed by atoms with Crippen molar-refractivity contribution >= 4 is 11.8 Å². The van der Waals surface area contributed by atoms with Crippen molar-refractivity contribution in [1.82, 2.24) is 25.5 Å². The summed E-state index contributed by atoms with van der Waals surface area (Å²) < 4.78 is 0. The van der Waals surface area contributed by atoms with Crippen molar-refractivity contribution in [3.8, 4) is 0 Å². The van der Waals surface area contributed by atoms with E-state index in [9.17, 15) is 14.4 Å². The zero-order chi connectivity index (χ0) is 17.0. The van der Waals surface area contributed by atoms with Crippen LogP contribution in [0.25, 0.3) is 0 Å². The molecule has 1 aliphatic heterocycles. The molecule has 0 aliphatic carbocycles. The van der Waals surface area contributed by atoms with Crippen LogP contribution in [0.1, 0.15) is 31.8 Å². The molecule has 2 amide bonds. The molecule has 0 unspecified atom stereocenters. The molecule has 0 saturated carbocycles. The lowest BCUT2D eigenvalue weighted by molar-refractivity contribution is -0.134. The Bertz CT molecular complexity index is 640. The Hall–Kier alpha value is -2.22. The summed E-state index contributed by atoms with van der Waals surface area (Å²) in [4.78, 5) is 44.3. The van der Waals surface area contributed by atoms with Gasteiger partial charge in [0.05, 0.1) is 19.0 Å². The highest BCUT2D eigenvalue weighted by Crippen LogP contribution is 2.12. The number of hydrogen-bond donors (Lipinski definition) is 3. The fraction of sp³-hybridized carbons (Fsp3) is 0.600. The second-order valence-electron chi connectivity index (χ2n) is 5.95. The molecule has 1 fully saturated rings. The molecule has 1 aliphatic rings. The van der Waals surface area contributed by atoms with Crippen molar-refractivity contribution < 1.29 is 9.59 Å². The Kier molecular flexibility index (Phi) is 5.49. The van der Waals surface area contributed by atoms with Crippen LogP contribution in [-0.4, -0.2) is 51.9 Å². The summed E-state index contributed by atoms with van der Waals surface area (Å²) in [5.74, 6) is 0.0289. The van der Waals surface area contributed by atoms with Gasteiger partial charge in [0.1, 0.15) is 5.82 Å². The average molecular weight is 321 g/mol. The minimum absolute atomic E-state index is 0.0834. The van der Waals surface area contributed by atoms with Crippen LogP contribution in [0.5, 0.6) is 0 Å². The molecule has 0 bridgehead atoms. The Balaban J connectivity index is 1.95. The first kappa shape index (κ1) is 17.1. The Labute approximate surface area is 134 Å². The van der Waals surface area contributed by atoms with Crippen LogP contribution in [0.4, 0.5) is 0 Å². The molecule has 0 aromatic carbocycles. The molecule has 23 heavy (non-hydrogen) atoms. The minimum Gasteiger partial charge on any atom is -0.353 e. The van der Waals surface area contributed by atoms with E-state index in [1.807, 2.05) is 18.7 Å². The molecule has 1 aromatic rings. The molecule has 1 atom stereocenters. The second-order valence-corrected chi connectivity index (χ2v) is 5.95. The van der Waals surface area contributed by atoms with E-state index in [-0.39, 0.29) is 36.4 Å². The number of aromatic nitrogens is 2. The number of aromatic amines is 1. The number of aryl methyl sites for hydroxylation is 1. The van der Waals surface area contributed by atoms with E-state index in [0.717, 1.165) is 6.54 Å². The van der Waals surface area contributed by atoms with Crippen molar-refractivity contribution in [2.75, 3.05) is 13.1 Å². The maximum absolute atomic E-state index is 12.1. The number of rotatable bonds is 5. The highest BCUT2D eigenvalue weighted by Gasteiger charge is 2.32. The van der Waals surface area contributed by atoms with Gasteiger partial charge < -0.3 is 15.6 Å². The lowest BCUT2D eigenvalue weighted by Crippen LogP contribution is -2.58. The van der Waals surface area contributed by atoms with Crippen molar-refractivity contribution in [1.29, 1.82) is 0 Å². The SMILES string of the molecule is Cc1cc(=O)[nH]c(CNC(=O)C[C@H]2C(=O)NCCN2C(C)C)n1. The molecule has 0 radical (unpaired) electrons. The number of amides is 2. The summed E-state index contributed by atoms with van der Waals surface area (Å²) in [7, 11) is 0. The fourth-order valence-electron chi connectivity index (χ4n) is 2.72. The summed E-state index contributed by atoms with van der Waals surface area (Å²) in [6.07, 6.45) is 0.0834. The van der Waals surface area contributed by atoms with E-state index in [4.69, 9.17) is 0 Å². The van der Waals surface area contributed by atoms with E-state index in [1.165, 1.54) is 6.07 Å². The molecule has 126 valence electrons. The van der Waals surface area contributed by atoms with E-state index >= 15 is 0 Å². The lowest BCUT2D eigenvalue weighted by Gasteiger charge is -2.37. The van der Waals surface area contributed by atoms with E-state index in [0.29, 0.717) is 18.1 Å². The van der Waals surface area contributed by atoms with E-state index in [2.05, 4.69) is 20.6 Å². The van der Waals surface area contributed by atoms with Crippen LogP contribution in [0, 0.1) is 6.92 Å². The topological polar surface area (TPSA) is 107 Å². The van der Waals surface area contributed by atoms with Gasteiger partial charge in [-0.25, -0.2) is 4.98 Å². The predicted molar refractivity (Wildman–Crippen MR) is 84.7 cm³/mol. The number of nitrogens with zero attached hydrogens (tertiary/aromatic N) is 2. The largest absolute Gasteiger partial charge is 0.353 e. The molecule has 2 heterocycles. The Morgan fingerprint density at radius 3 is 2.87 bits per heavy atom. The average Bonchev–Trinajstić information content (AvgIpc) is 2.46. The van der Waals surface area contributed by atoms with Crippen LogP contribution in [-0.2, 0) is 16.1 Å². The van der Waals surface area contributed by atoms with E-state index in [1.54, 1.807) is 6.92 Å². The fourth-order valence-corrected chi connectivity index (χ4v) is 2.72. The number of nitrogens with one attached hydrogen (secondary N) is 3. The van der Waals surface area contributed by atoms with Crippen LogP contribution in [0.3, 0.4) is 0 Å². The highest BCUT2D eigenvalue weighted by atomic mass is 16.2. The zero-order valence-electron chi connectivity index (χ0n) is 13.7. The van der Waals surface area contributed by atoms with Gasteiger partial charge in [0, 0.05) is 30.9 Å². The first-order chi connectivity index (χ1) is 10.9. The monoisotopic (exact) mass is 321 g/mol. The third kappa shape index (κ3) is 4.62. The number of carbonyl (C=O) groups excluding carboxylic acids is 2. The van der Waals surface area contributed by atoms with Gasteiger partial charge in [-0.05, 0) is 20.8 Å². The zero-order valence-corrected chi connectivity index (χ0v) is 13.7. The third-order valence-electron chi connectivity index (χ3n) is 3.79. The van der Waals surface area contributed by atoms with Gasteiger partial charge >= 0.3 is 0 Å². The predicted octanol–water partition coefficient (Wildman–Crippen LogP) is -0.707. The quantitative estimate of drug-likeness (QED) is 0.664. The van der Waals surface area contributed by atoms with Crippen molar-refractivity contribution in [2.45, 2.75) is 45.8 Å². The van der Waals surface area contributed by atoms with Gasteiger partial charge in [0.25, 0.3) is 5.56 Å².